The molecule has 0 aliphatic carbocycles. The first-order chi connectivity index (χ1) is 10.3. The fourth-order valence-electron chi connectivity index (χ4n) is 3.01. The van der Waals surface area contributed by atoms with Crippen LogP contribution in [0, 0.1) is 0 Å². The van der Waals surface area contributed by atoms with Crippen LogP contribution in [0.1, 0.15) is 30.5 Å². The van der Waals surface area contributed by atoms with Crippen LogP contribution in [0.2, 0.25) is 0 Å². The van der Waals surface area contributed by atoms with E-state index in [0.29, 0.717) is 12.1 Å². The lowest BCUT2D eigenvalue weighted by molar-refractivity contribution is 0.255. The van der Waals surface area contributed by atoms with E-state index in [-0.39, 0.29) is 0 Å². The smallest absolute Gasteiger partial charge is 0.0320 e. The van der Waals surface area contributed by atoms with Crippen molar-refractivity contribution in [3.8, 4) is 0 Å². The molecule has 0 unspecified atom stereocenters. The Hall–Kier alpha value is -1.71. The lowest BCUT2D eigenvalue weighted by Crippen LogP contribution is -2.33. The van der Waals surface area contributed by atoms with Crippen LogP contribution in [0.25, 0.3) is 0 Å². The maximum absolute atomic E-state index is 4.06. The van der Waals surface area contributed by atoms with Crippen LogP contribution in [0.5, 0.6) is 0 Å². The molecule has 3 heteroatoms. The van der Waals surface area contributed by atoms with Crippen LogP contribution in [0.15, 0.2) is 54.9 Å². The predicted octanol–water partition coefficient (Wildman–Crippen LogP) is 3.01. The van der Waals surface area contributed by atoms with Crippen LogP contribution < -0.4 is 5.32 Å². The molecule has 1 aromatic carbocycles. The number of pyridine rings is 1. The molecule has 1 aliphatic rings. The maximum atomic E-state index is 4.06. The van der Waals surface area contributed by atoms with Crippen molar-refractivity contribution < 1.29 is 0 Å². The zero-order valence-electron chi connectivity index (χ0n) is 12.6. The molecule has 3 nitrogen and oxygen atoms in total. The number of likely N-dealkylation sites (tertiary alicyclic amines) is 1. The molecule has 1 N–H and O–H groups in total. The average molecular weight is 281 g/mol. The molecule has 1 aromatic heterocycles. The standard InChI is InChI=1S/C18H23N3/c1-15(17-5-3-2-4-6-17)21-12-9-18(14-21)20-13-16-7-10-19-11-8-16/h2-8,10-11,15,18,20H,9,12-14H2,1H3/t15-,18+/m1/s1. The minimum absolute atomic E-state index is 0.499. The van der Waals surface area contributed by atoms with Gasteiger partial charge in [0.1, 0.15) is 0 Å². The topological polar surface area (TPSA) is 28.2 Å². The van der Waals surface area contributed by atoms with Gasteiger partial charge < -0.3 is 5.32 Å². The Morgan fingerprint density at radius 1 is 1.19 bits per heavy atom. The Labute approximate surface area is 127 Å². The van der Waals surface area contributed by atoms with Gasteiger partial charge in [0.05, 0.1) is 0 Å². The van der Waals surface area contributed by atoms with E-state index in [4.69, 9.17) is 0 Å². The third kappa shape index (κ3) is 3.69. The van der Waals surface area contributed by atoms with Crippen LogP contribution >= 0.6 is 0 Å². The Bertz CT molecular complexity index is 541. The summed E-state index contributed by atoms with van der Waals surface area (Å²) in [4.78, 5) is 6.63. The molecule has 0 amide bonds. The van der Waals surface area contributed by atoms with Gasteiger partial charge in [-0.1, -0.05) is 30.3 Å². The summed E-state index contributed by atoms with van der Waals surface area (Å²) in [5.41, 5.74) is 2.71. The molecular weight excluding hydrogens is 258 g/mol. The summed E-state index contributed by atoms with van der Waals surface area (Å²) in [5, 5.41) is 3.66. The van der Waals surface area contributed by atoms with Crippen molar-refractivity contribution in [3.63, 3.8) is 0 Å². The van der Waals surface area contributed by atoms with E-state index in [2.05, 4.69) is 64.6 Å². The normalized spacial score (nSPS) is 20.5. The number of hydrogen-bond donors (Lipinski definition) is 1. The van der Waals surface area contributed by atoms with Gasteiger partial charge in [0, 0.05) is 44.1 Å². The van der Waals surface area contributed by atoms with Gasteiger partial charge in [0.2, 0.25) is 0 Å². The third-order valence-corrected chi connectivity index (χ3v) is 4.39. The molecule has 2 aromatic rings. The second-order valence-electron chi connectivity index (χ2n) is 5.80. The minimum Gasteiger partial charge on any atom is -0.309 e. The molecule has 0 bridgehead atoms. The molecule has 2 atom stereocenters. The summed E-state index contributed by atoms with van der Waals surface area (Å²) < 4.78 is 0. The summed E-state index contributed by atoms with van der Waals surface area (Å²) in [5.74, 6) is 0. The SMILES string of the molecule is C[C@H](c1ccccc1)N1CC[C@H](NCc2ccncc2)C1. The summed E-state index contributed by atoms with van der Waals surface area (Å²) in [6, 6.07) is 16.0. The monoisotopic (exact) mass is 281 g/mol. The van der Waals surface area contributed by atoms with Gasteiger partial charge in [0.25, 0.3) is 0 Å². The number of rotatable bonds is 5. The van der Waals surface area contributed by atoms with Gasteiger partial charge in [-0.05, 0) is 36.6 Å². The van der Waals surface area contributed by atoms with E-state index >= 15 is 0 Å². The molecule has 2 heterocycles. The molecule has 0 spiro atoms. The van der Waals surface area contributed by atoms with Gasteiger partial charge in [-0.2, -0.15) is 0 Å². The van der Waals surface area contributed by atoms with E-state index in [1.807, 2.05) is 12.4 Å². The molecule has 3 rings (SSSR count). The van der Waals surface area contributed by atoms with Crippen molar-refractivity contribution in [3.05, 3.63) is 66.0 Å². The minimum atomic E-state index is 0.499. The Balaban J connectivity index is 1.51. The highest BCUT2D eigenvalue weighted by molar-refractivity contribution is 5.18. The first kappa shape index (κ1) is 14.2. The Kier molecular flexibility index (Phi) is 4.63. The quantitative estimate of drug-likeness (QED) is 0.913. The van der Waals surface area contributed by atoms with Gasteiger partial charge in [0.15, 0.2) is 0 Å². The summed E-state index contributed by atoms with van der Waals surface area (Å²) in [7, 11) is 0. The van der Waals surface area contributed by atoms with E-state index in [9.17, 15) is 0 Å². The molecule has 1 fully saturated rings. The predicted molar refractivity (Wildman–Crippen MR) is 85.9 cm³/mol. The lowest BCUT2D eigenvalue weighted by atomic mass is 10.1. The van der Waals surface area contributed by atoms with E-state index in [1.54, 1.807) is 0 Å². The maximum Gasteiger partial charge on any atom is 0.0320 e. The van der Waals surface area contributed by atoms with E-state index in [1.165, 1.54) is 24.1 Å². The van der Waals surface area contributed by atoms with Crippen LogP contribution in [0.4, 0.5) is 0 Å². The van der Waals surface area contributed by atoms with Gasteiger partial charge >= 0.3 is 0 Å². The Morgan fingerprint density at radius 2 is 1.95 bits per heavy atom. The molecular formula is C18H23N3. The fraction of sp³-hybridized carbons (Fsp3) is 0.389. The van der Waals surface area contributed by atoms with E-state index < -0.39 is 0 Å². The molecule has 110 valence electrons. The number of benzene rings is 1. The van der Waals surface area contributed by atoms with Crippen molar-refractivity contribution in [2.45, 2.75) is 32.0 Å². The van der Waals surface area contributed by atoms with Crippen LogP contribution in [-0.4, -0.2) is 29.0 Å². The van der Waals surface area contributed by atoms with Crippen LogP contribution in [-0.2, 0) is 6.54 Å². The third-order valence-electron chi connectivity index (χ3n) is 4.39. The number of hydrogen-bond acceptors (Lipinski definition) is 3. The molecule has 0 saturated carbocycles. The molecule has 21 heavy (non-hydrogen) atoms. The van der Waals surface area contributed by atoms with Crippen molar-refractivity contribution in [1.82, 2.24) is 15.2 Å². The number of aromatic nitrogens is 1. The largest absolute Gasteiger partial charge is 0.309 e. The average Bonchev–Trinajstić information content (AvgIpc) is 3.03. The zero-order chi connectivity index (χ0) is 14.5. The summed E-state index contributed by atoms with van der Waals surface area (Å²) in [6.07, 6.45) is 4.94. The first-order valence-corrected chi connectivity index (χ1v) is 7.74. The summed E-state index contributed by atoms with van der Waals surface area (Å²) >= 11 is 0. The number of nitrogens with one attached hydrogen (secondary N) is 1. The van der Waals surface area contributed by atoms with Crippen molar-refractivity contribution in [2.75, 3.05) is 13.1 Å². The molecule has 1 aliphatic heterocycles. The van der Waals surface area contributed by atoms with Gasteiger partial charge in [-0.25, -0.2) is 0 Å². The fourth-order valence-corrected chi connectivity index (χ4v) is 3.01. The second kappa shape index (κ2) is 6.83. The van der Waals surface area contributed by atoms with Crippen molar-refractivity contribution >= 4 is 0 Å². The molecule has 0 radical (unpaired) electrons. The highest BCUT2D eigenvalue weighted by atomic mass is 15.2. The van der Waals surface area contributed by atoms with Crippen molar-refractivity contribution in [1.29, 1.82) is 0 Å². The number of nitrogens with zero attached hydrogens (tertiary/aromatic N) is 2. The van der Waals surface area contributed by atoms with E-state index in [0.717, 1.165) is 13.1 Å². The highest BCUT2D eigenvalue weighted by Crippen LogP contribution is 2.24. The van der Waals surface area contributed by atoms with Gasteiger partial charge in [-0.3, -0.25) is 9.88 Å². The Morgan fingerprint density at radius 3 is 2.71 bits per heavy atom. The second-order valence-corrected chi connectivity index (χ2v) is 5.80. The van der Waals surface area contributed by atoms with Crippen LogP contribution in [0.3, 0.4) is 0 Å². The summed E-state index contributed by atoms with van der Waals surface area (Å²) in [6.45, 7) is 5.53. The zero-order valence-corrected chi connectivity index (χ0v) is 12.6. The lowest BCUT2D eigenvalue weighted by Gasteiger charge is -2.25. The van der Waals surface area contributed by atoms with Crippen molar-refractivity contribution in [2.24, 2.45) is 0 Å². The first-order valence-electron chi connectivity index (χ1n) is 7.74. The molecule has 1 saturated heterocycles. The highest BCUT2D eigenvalue weighted by Gasteiger charge is 2.26. The van der Waals surface area contributed by atoms with Gasteiger partial charge in [-0.15, -0.1) is 0 Å².